The summed E-state index contributed by atoms with van der Waals surface area (Å²) in [6.45, 7) is 0. The fourth-order valence-electron chi connectivity index (χ4n) is 2.67. The topological polar surface area (TPSA) is 71.1 Å². The minimum absolute atomic E-state index is 0.0724. The highest BCUT2D eigenvalue weighted by atomic mass is 16.6. The minimum atomic E-state index is -0.720. The van der Waals surface area contributed by atoms with Crippen LogP contribution >= 0.6 is 0 Å². The summed E-state index contributed by atoms with van der Waals surface area (Å²) in [6.07, 6.45) is 1.51. The molecule has 0 amide bonds. The molecule has 6 nitrogen and oxygen atoms in total. The van der Waals surface area contributed by atoms with E-state index >= 15 is 0 Å². The maximum atomic E-state index is 13.0. The average molecular weight is 366 g/mol. The second-order valence-corrected chi connectivity index (χ2v) is 5.64. The minimum Gasteiger partial charge on any atom is -0.497 e. The van der Waals surface area contributed by atoms with Crippen LogP contribution in [0.4, 0.5) is 0 Å². The monoisotopic (exact) mass is 366 g/mol. The zero-order valence-electron chi connectivity index (χ0n) is 15.1. The molecule has 0 spiro atoms. The van der Waals surface area contributed by atoms with Crippen LogP contribution < -0.4 is 9.47 Å². The third kappa shape index (κ3) is 3.69. The maximum absolute atomic E-state index is 13.0. The van der Waals surface area contributed by atoms with E-state index in [1.807, 2.05) is 0 Å². The van der Waals surface area contributed by atoms with Crippen LogP contribution in [0.3, 0.4) is 0 Å². The van der Waals surface area contributed by atoms with Gasteiger partial charge in [-0.25, -0.2) is 4.79 Å². The summed E-state index contributed by atoms with van der Waals surface area (Å²) in [5.74, 6) is -0.0355. The van der Waals surface area contributed by atoms with E-state index in [0.717, 1.165) is 0 Å². The molecule has 0 atom stereocenters. The third-order valence-corrected chi connectivity index (χ3v) is 4.06. The van der Waals surface area contributed by atoms with Gasteiger partial charge in [0.05, 0.1) is 26.9 Å². The lowest BCUT2D eigenvalue weighted by molar-refractivity contribution is -0.142. The van der Waals surface area contributed by atoms with Crippen LogP contribution in [0.2, 0.25) is 0 Å². The smallest absolute Gasteiger partial charge is 0.379 e. The largest absolute Gasteiger partial charge is 0.497 e. The normalized spacial score (nSPS) is 15.6. The highest BCUT2D eigenvalue weighted by molar-refractivity contribution is 6.35. The van der Waals surface area contributed by atoms with Crippen molar-refractivity contribution in [1.29, 1.82) is 0 Å². The van der Waals surface area contributed by atoms with Gasteiger partial charge in [-0.3, -0.25) is 4.79 Å². The van der Waals surface area contributed by atoms with Crippen LogP contribution in [0.1, 0.15) is 11.1 Å². The van der Waals surface area contributed by atoms with Gasteiger partial charge in [0.25, 0.3) is 0 Å². The molecule has 27 heavy (non-hydrogen) atoms. The molecule has 0 unspecified atom stereocenters. The molecule has 2 aromatic carbocycles. The summed E-state index contributed by atoms with van der Waals surface area (Å²) in [5, 5.41) is 0. The van der Waals surface area contributed by atoms with Gasteiger partial charge >= 0.3 is 5.97 Å². The van der Waals surface area contributed by atoms with E-state index in [1.54, 1.807) is 62.8 Å². The number of cyclic esters (lactones) is 1. The molecule has 0 radical (unpaired) electrons. The fraction of sp³-hybridized carbons (Fsp3) is 0.143. The SMILES string of the molecule is COC1=C(c2ccc(OC)cc2)C(=O)/C(=C/c2ccc(OC)cc2)OC1=O. The van der Waals surface area contributed by atoms with Crippen LogP contribution in [-0.2, 0) is 19.1 Å². The van der Waals surface area contributed by atoms with E-state index in [0.29, 0.717) is 22.6 Å². The van der Waals surface area contributed by atoms with Gasteiger partial charge in [0.2, 0.25) is 11.5 Å². The number of carbonyl (C=O) groups excluding carboxylic acids is 2. The quantitative estimate of drug-likeness (QED) is 0.598. The van der Waals surface area contributed by atoms with Crippen molar-refractivity contribution in [2.75, 3.05) is 21.3 Å². The van der Waals surface area contributed by atoms with Gasteiger partial charge in [-0.1, -0.05) is 24.3 Å². The van der Waals surface area contributed by atoms with E-state index in [1.165, 1.54) is 13.2 Å². The van der Waals surface area contributed by atoms with E-state index < -0.39 is 11.8 Å². The first-order valence-electron chi connectivity index (χ1n) is 8.12. The summed E-state index contributed by atoms with van der Waals surface area (Å²) >= 11 is 0. The molecule has 6 heteroatoms. The van der Waals surface area contributed by atoms with Crippen molar-refractivity contribution < 1.29 is 28.5 Å². The number of ketones is 1. The summed E-state index contributed by atoms with van der Waals surface area (Å²) < 4.78 is 20.6. The molecule has 2 aromatic rings. The zero-order chi connectivity index (χ0) is 19.4. The van der Waals surface area contributed by atoms with Crippen LogP contribution in [0.5, 0.6) is 11.5 Å². The molecule has 0 N–H and O–H groups in total. The highest BCUT2D eigenvalue weighted by Crippen LogP contribution is 2.31. The molecule has 0 bridgehead atoms. The molecule has 0 aliphatic carbocycles. The number of hydrogen-bond acceptors (Lipinski definition) is 6. The second-order valence-electron chi connectivity index (χ2n) is 5.64. The highest BCUT2D eigenvalue weighted by Gasteiger charge is 2.34. The number of hydrogen-bond donors (Lipinski definition) is 0. The van der Waals surface area contributed by atoms with Gasteiger partial charge in [-0.2, -0.15) is 0 Å². The number of rotatable bonds is 5. The first-order chi connectivity index (χ1) is 13.1. The molecular formula is C21H18O6. The van der Waals surface area contributed by atoms with E-state index in [2.05, 4.69) is 0 Å². The van der Waals surface area contributed by atoms with Gasteiger partial charge < -0.3 is 18.9 Å². The number of allylic oxidation sites excluding steroid dienone is 1. The molecule has 0 saturated carbocycles. The summed E-state index contributed by atoms with van der Waals surface area (Å²) in [6, 6.07) is 13.8. The number of carbonyl (C=O) groups is 2. The summed E-state index contributed by atoms with van der Waals surface area (Å²) in [5.41, 5.74) is 1.38. The number of benzene rings is 2. The molecule has 1 aliphatic rings. The van der Waals surface area contributed by atoms with E-state index in [4.69, 9.17) is 18.9 Å². The number of ether oxygens (including phenoxy) is 4. The lowest BCUT2D eigenvalue weighted by Crippen LogP contribution is -2.24. The molecular weight excluding hydrogens is 348 g/mol. The van der Waals surface area contributed by atoms with Crippen molar-refractivity contribution in [3.63, 3.8) is 0 Å². The molecule has 138 valence electrons. The van der Waals surface area contributed by atoms with Crippen molar-refractivity contribution in [2.45, 2.75) is 0 Å². The summed E-state index contributed by atoms with van der Waals surface area (Å²) in [4.78, 5) is 25.3. The Morgan fingerprint density at radius 1 is 0.778 bits per heavy atom. The van der Waals surface area contributed by atoms with Gasteiger partial charge in [0, 0.05) is 0 Å². The lowest BCUT2D eigenvalue weighted by Gasteiger charge is -2.20. The third-order valence-electron chi connectivity index (χ3n) is 4.06. The molecule has 3 rings (SSSR count). The van der Waals surface area contributed by atoms with Crippen molar-refractivity contribution >= 4 is 23.4 Å². The Bertz CT molecular complexity index is 920. The standard InChI is InChI=1S/C21H18O6/c1-24-15-8-4-13(5-9-15)12-17-19(22)18(20(26-3)21(23)27-17)14-6-10-16(25-2)11-7-14/h4-12H,1-3H3/b17-12-. The Morgan fingerprint density at radius 2 is 1.33 bits per heavy atom. The van der Waals surface area contributed by atoms with Crippen LogP contribution in [0.15, 0.2) is 60.0 Å². The Balaban J connectivity index is 2.02. The van der Waals surface area contributed by atoms with E-state index in [9.17, 15) is 9.59 Å². The van der Waals surface area contributed by atoms with Gasteiger partial charge in [0.15, 0.2) is 5.76 Å². The van der Waals surface area contributed by atoms with Crippen molar-refractivity contribution in [3.8, 4) is 11.5 Å². The van der Waals surface area contributed by atoms with Crippen molar-refractivity contribution in [1.82, 2.24) is 0 Å². The van der Waals surface area contributed by atoms with Crippen molar-refractivity contribution in [3.05, 3.63) is 71.2 Å². The number of methoxy groups -OCH3 is 3. The van der Waals surface area contributed by atoms with Crippen molar-refractivity contribution in [2.24, 2.45) is 0 Å². The molecule has 0 saturated heterocycles. The lowest BCUT2D eigenvalue weighted by atomic mass is 9.96. The maximum Gasteiger partial charge on any atom is 0.379 e. The van der Waals surface area contributed by atoms with Crippen LogP contribution in [-0.4, -0.2) is 33.1 Å². The Morgan fingerprint density at radius 3 is 1.85 bits per heavy atom. The van der Waals surface area contributed by atoms with Gasteiger partial charge in [-0.15, -0.1) is 0 Å². The zero-order valence-corrected chi connectivity index (χ0v) is 15.1. The van der Waals surface area contributed by atoms with E-state index in [-0.39, 0.29) is 17.1 Å². The molecule has 1 heterocycles. The Hall–Kier alpha value is -3.54. The first-order valence-corrected chi connectivity index (χ1v) is 8.12. The Labute approximate surface area is 156 Å². The Kier molecular flexibility index (Phi) is 5.26. The second kappa shape index (κ2) is 7.78. The predicted molar refractivity (Wildman–Crippen MR) is 99.0 cm³/mol. The van der Waals surface area contributed by atoms with Gasteiger partial charge in [-0.05, 0) is 41.5 Å². The number of esters is 1. The van der Waals surface area contributed by atoms with Crippen LogP contribution in [0, 0.1) is 0 Å². The molecule has 0 aromatic heterocycles. The summed E-state index contributed by atoms with van der Waals surface area (Å²) in [7, 11) is 4.44. The average Bonchev–Trinajstić information content (AvgIpc) is 2.71. The number of Topliss-reactive ketones (excluding diaryl/α,β-unsaturated/α-hetero) is 1. The fourth-order valence-corrected chi connectivity index (χ4v) is 2.67. The molecule has 1 aliphatic heterocycles. The predicted octanol–water partition coefficient (Wildman–Crippen LogP) is 3.23. The van der Waals surface area contributed by atoms with Gasteiger partial charge in [0.1, 0.15) is 11.5 Å². The molecule has 0 fully saturated rings. The first kappa shape index (κ1) is 18.3. The van der Waals surface area contributed by atoms with Crippen LogP contribution in [0.25, 0.3) is 11.6 Å².